The topological polar surface area (TPSA) is 76.1 Å². The number of carbonyl (C=O) groups is 1. The van der Waals surface area contributed by atoms with Crippen LogP contribution in [0.2, 0.25) is 0 Å². The van der Waals surface area contributed by atoms with Crippen molar-refractivity contribution in [2.45, 2.75) is 39.2 Å². The fraction of sp³-hybridized carbons (Fsp3) is 0.333. The third-order valence-corrected chi connectivity index (χ3v) is 4.38. The molecule has 0 atom stereocenters. The number of nitrogens with zero attached hydrogens (tertiary/aromatic N) is 2. The van der Waals surface area contributed by atoms with Crippen LogP contribution >= 0.6 is 0 Å². The number of nitro benzene ring substituents is 1. The lowest BCUT2D eigenvalue weighted by Gasteiger charge is -2.13. The van der Waals surface area contributed by atoms with E-state index in [1.165, 1.54) is 36.1 Å². The second-order valence-corrected chi connectivity index (χ2v) is 6.18. The minimum Gasteiger partial charge on any atom is -0.320 e. The standard InChI is InChI=1S/C18H19N3O3/c1-13-6-7-16(21(23)24)10-17(13)19-18(22)12-20-9-8-14-4-2-3-5-15(14)11-20/h6-11H,2-5,12H2,1H3/p+1. The van der Waals surface area contributed by atoms with E-state index in [4.69, 9.17) is 0 Å². The number of pyridine rings is 1. The molecule has 0 fully saturated rings. The van der Waals surface area contributed by atoms with E-state index in [9.17, 15) is 14.9 Å². The van der Waals surface area contributed by atoms with Crippen molar-refractivity contribution < 1.29 is 14.3 Å². The zero-order valence-corrected chi connectivity index (χ0v) is 13.6. The summed E-state index contributed by atoms with van der Waals surface area (Å²) in [4.78, 5) is 22.7. The van der Waals surface area contributed by atoms with Gasteiger partial charge in [0.25, 0.3) is 11.6 Å². The van der Waals surface area contributed by atoms with E-state index in [-0.39, 0.29) is 18.1 Å². The molecule has 2 aromatic rings. The molecule has 24 heavy (non-hydrogen) atoms. The first-order valence-corrected chi connectivity index (χ1v) is 8.08. The van der Waals surface area contributed by atoms with Crippen molar-refractivity contribution in [1.29, 1.82) is 0 Å². The number of nitro groups is 1. The van der Waals surface area contributed by atoms with Crippen molar-refractivity contribution in [2.24, 2.45) is 0 Å². The van der Waals surface area contributed by atoms with Gasteiger partial charge in [0, 0.05) is 23.8 Å². The fourth-order valence-corrected chi connectivity index (χ4v) is 3.03. The van der Waals surface area contributed by atoms with Crippen LogP contribution in [0.4, 0.5) is 11.4 Å². The second-order valence-electron chi connectivity index (χ2n) is 6.18. The van der Waals surface area contributed by atoms with Gasteiger partial charge >= 0.3 is 0 Å². The van der Waals surface area contributed by atoms with Gasteiger partial charge in [-0.1, -0.05) is 6.07 Å². The number of amides is 1. The first-order chi connectivity index (χ1) is 11.5. The maximum Gasteiger partial charge on any atom is 0.290 e. The first kappa shape index (κ1) is 16.1. The van der Waals surface area contributed by atoms with Gasteiger partial charge in [-0.05, 0) is 43.7 Å². The quantitative estimate of drug-likeness (QED) is 0.533. The molecule has 124 valence electrons. The van der Waals surface area contributed by atoms with Crippen LogP contribution in [0.15, 0.2) is 36.7 Å². The second kappa shape index (κ2) is 6.78. The lowest BCUT2D eigenvalue weighted by atomic mass is 9.93. The Morgan fingerprint density at radius 3 is 2.75 bits per heavy atom. The molecule has 1 amide bonds. The lowest BCUT2D eigenvalue weighted by Crippen LogP contribution is -2.40. The molecule has 6 nitrogen and oxygen atoms in total. The van der Waals surface area contributed by atoms with Gasteiger partial charge in [-0.25, -0.2) is 0 Å². The average Bonchev–Trinajstić information content (AvgIpc) is 2.56. The van der Waals surface area contributed by atoms with Gasteiger partial charge < -0.3 is 5.32 Å². The van der Waals surface area contributed by atoms with Gasteiger partial charge in [0.05, 0.1) is 10.6 Å². The number of non-ortho nitro benzene ring substituents is 1. The largest absolute Gasteiger partial charge is 0.320 e. The Balaban J connectivity index is 1.72. The fourth-order valence-electron chi connectivity index (χ4n) is 3.03. The van der Waals surface area contributed by atoms with Gasteiger partial charge in [0.15, 0.2) is 12.4 Å². The molecule has 0 aliphatic heterocycles. The monoisotopic (exact) mass is 326 g/mol. The molecule has 1 aliphatic rings. The molecular formula is C18H20N3O3+. The van der Waals surface area contributed by atoms with Crippen molar-refractivity contribution >= 4 is 17.3 Å². The first-order valence-electron chi connectivity index (χ1n) is 8.08. The molecule has 1 heterocycles. The molecule has 0 spiro atoms. The third kappa shape index (κ3) is 3.59. The molecular weight excluding hydrogens is 306 g/mol. The van der Waals surface area contributed by atoms with E-state index in [0.717, 1.165) is 18.4 Å². The number of aromatic nitrogens is 1. The summed E-state index contributed by atoms with van der Waals surface area (Å²) in [6, 6.07) is 6.55. The highest BCUT2D eigenvalue weighted by Gasteiger charge is 2.17. The Labute approximate surface area is 140 Å². The Hall–Kier alpha value is -2.76. The summed E-state index contributed by atoms with van der Waals surface area (Å²) in [5.41, 5.74) is 3.92. The van der Waals surface area contributed by atoms with Crippen LogP contribution in [0.5, 0.6) is 0 Å². The minimum absolute atomic E-state index is 0.0302. The van der Waals surface area contributed by atoms with Crippen LogP contribution in [0.3, 0.4) is 0 Å². The SMILES string of the molecule is Cc1ccc([N+](=O)[O-])cc1NC(=O)C[n+]1ccc2c(c1)CCCC2. The number of aryl methyl sites for hydroxylation is 3. The Morgan fingerprint density at radius 1 is 1.25 bits per heavy atom. The number of carbonyl (C=O) groups excluding carboxylic acids is 1. The van der Waals surface area contributed by atoms with Gasteiger partial charge in [-0.15, -0.1) is 0 Å². The summed E-state index contributed by atoms with van der Waals surface area (Å²) in [7, 11) is 0. The highest BCUT2D eigenvalue weighted by Crippen LogP contribution is 2.22. The van der Waals surface area contributed by atoms with Crippen molar-refractivity contribution in [3.8, 4) is 0 Å². The van der Waals surface area contributed by atoms with Crippen molar-refractivity contribution in [1.82, 2.24) is 0 Å². The summed E-state index contributed by atoms with van der Waals surface area (Å²) in [5, 5.41) is 13.6. The van der Waals surface area contributed by atoms with Gasteiger partial charge in [-0.3, -0.25) is 14.9 Å². The number of benzene rings is 1. The molecule has 0 saturated heterocycles. The van der Waals surface area contributed by atoms with Crippen LogP contribution in [0.25, 0.3) is 0 Å². The van der Waals surface area contributed by atoms with E-state index in [0.29, 0.717) is 5.69 Å². The van der Waals surface area contributed by atoms with E-state index in [1.807, 2.05) is 23.9 Å². The van der Waals surface area contributed by atoms with E-state index < -0.39 is 4.92 Å². The Kier molecular flexibility index (Phi) is 4.55. The number of hydrogen-bond donors (Lipinski definition) is 1. The third-order valence-electron chi connectivity index (χ3n) is 4.38. The van der Waals surface area contributed by atoms with Crippen LogP contribution < -0.4 is 9.88 Å². The highest BCUT2D eigenvalue weighted by atomic mass is 16.6. The molecule has 0 bridgehead atoms. The summed E-state index contributed by atoms with van der Waals surface area (Å²) in [5.74, 6) is -0.195. The Bertz CT molecular complexity index is 802. The average molecular weight is 326 g/mol. The number of nitrogens with one attached hydrogen (secondary N) is 1. The van der Waals surface area contributed by atoms with Crippen molar-refractivity contribution in [2.75, 3.05) is 5.32 Å². The van der Waals surface area contributed by atoms with Crippen LogP contribution in [0.1, 0.15) is 29.5 Å². The van der Waals surface area contributed by atoms with Crippen LogP contribution in [-0.2, 0) is 24.2 Å². The van der Waals surface area contributed by atoms with Crippen LogP contribution in [0, 0.1) is 17.0 Å². The van der Waals surface area contributed by atoms with Crippen molar-refractivity contribution in [3.05, 3.63) is 63.5 Å². The van der Waals surface area contributed by atoms with Crippen molar-refractivity contribution in [3.63, 3.8) is 0 Å². The molecule has 0 radical (unpaired) electrons. The zero-order valence-electron chi connectivity index (χ0n) is 13.6. The molecule has 1 aliphatic carbocycles. The maximum absolute atomic E-state index is 12.3. The summed E-state index contributed by atoms with van der Waals surface area (Å²) >= 11 is 0. The number of hydrogen-bond acceptors (Lipinski definition) is 3. The smallest absolute Gasteiger partial charge is 0.290 e. The van der Waals surface area contributed by atoms with Gasteiger partial charge in [-0.2, -0.15) is 4.57 Å². The van der Waals surface area contributed by atoms with Crippen LogP contribution in [-0.4, -0.2) is 10.8 Å². The summed E-state index contributed by atoms with van der Waals surface area (Å²) < 4.78 is 1.87. The van der Waals surface area contributed by atoms with Gasteiger partial charge in [0.2, 0.25) is 6.54 Å². The summed E-state index contributed by atoms with van der Waals surface area (Å²) in [6.07, 6.45) is 8.54. The normalized spacial score (nSPS) is 13.2. The van der Waals surface area contributed by atoms with Gasteiger partial charge in [0.1, 0.15) is 0 Å². The molecule has 3 rings (SSSR count). The molecule has 1 aromatic carbocycles. The summed E-state index contributed by atoms with van der Waals surface area (Å²) in [6.45, 7) is 2.00. The highest BCUT2D eigenvalue weighted by molar-refractivity contribution is 5.90. The van der Waals surface area contributed by atoms with E-state index in [1.54, 1.807) is 6.07 Å². The number of anilines is 1. The predicted octanol–water partition coefficient (Wildman–Crippen LogP) is 2.71. The molecule has 0 saturated carbocycles. The molecule has 6 heteroatoms. The Morgan fingerprint density at radius 2 is 2.00 bits per heavy atom. The molecule has 0 unspecified atom stereocenters. The molecule has 1 N–H and O–H groups in total. The van der Waals surface area contributed by atoms with E-state index in [2.05, 4.69) is 11.4 Å². The number of rotatable bonds is 4. The maximum atomic E-state index is 12.3. The predicted molar refractivity (Wildman–Crippen MR) is 89.7 cm³/mol. The number of fused-ring (bicyclic) bond motifs is 1. The zero-order chi connectivity index (χ0) is 17.1. The molecule has 1 aromatic heterocycles. The lowest BCUT2D eigenvalue weighted by molar-refractivity contribution is -0.684. The minimum atomic E-state index is -0.465. The van der Waals surface area contributed by atoms with E-state index >= 15 is 0 Å².